The van der Waals surface area contributed by atoms with Crippen molar-refractivity contribution < 1.29 is 9.47 Å². The molecular weight excluding hydrogens is 358 g/mol. The van der Waals surface area contributed by atoms with Crippen LogP contribution in [0.15, 0.2) is 16.9 Å². The summed E-state index contributed by atoms with van der Waals surface area (Å²) in [6.45, 7) is 7.24. The Hall–Kier alpha value is -0.980. The summed E-state index contributed by atoms with van der Waals surface area (Å²) in [7, 11) is 0. The Morgan fingerprint density at radius 2 is 2.26 bits per heavy atom. The van der Waals surface area contributed by atoms with Gasteiger partial charge in [-0.15, -0.1) is 0 Å². The molecule has 0 aliphatic carbocycles. The van der Waals surface area contributed by atoms with Crippen LogP contribution in [0.25, 0.3) is 11.0 Å². The van der Waals surface area contributed by atoms with E-state index in [9.17, 15) is 0 Å². The quantitative estimate of drug-likeness (QED) is 0.699. The van der Waals surface area contributed by atoms with Gasteiger partial charge in [-0.2, -0.15) is 0 Å². The molecule has 2 unspecified atom stereocenters. The first-order chi connectivity index (χ1) is 11.1. The Kier molecular flexibility index (Phi) is 5.34. The molecular formula is C17H24BrN3O2. The molecule has 2 aromatic rings. The molecule has 0 aromatic carbocycles. The van der Waals surface area contributed by atoms with Gasteiger partial charge < -0.3 is 14.0 Å². The van der Waals surface area contributed by atoms with Crippen molar-refractivity contribution in [3.05, 3.63) is 22.7 Å². The van der Waals surface area contributed by atoms with Crippen molar-refractivity contribution in [2.24, 2.45) is 0 Å². The lowest BCUT2D eigenvalue weighted by atomic mass is 10.2. The molecule has 0 bridgehead atoms. The lowest BCUT2D eigenvalue weighted by molar-refractivity contribution is -0.188. The fourth-order valence-electron chi connectivity index (χ4n) is 3.03. The number of fused-ring (bicyclic) bond motifs is 1. The molecule has 3 atom stereocenters. The maximum absolute atomic E-state index is 6.13. The van der Waals surface area contributed by atoms with Gasteiger partial charge >= 0.3 is 0 Å². The molecule has 0 spiro atoms. The fraction of sp³-hybridized carbons (Fsp3) is 0.647. The van der Waals surface area contributed by atoms with Gasteiger partial charge in [0.05, 0.1) is 11.7 Å². The standard InChI is InChI=1S/C17H24BrN3O2/c1-4-11(2)21-14-9-15(18)19-10-13(14)20-17(21)12(3)23-16-7-5-6-8-22-16/h9-12,16H,4-8H2,1-3H3/t11?,12-,16?/m1/s1. The van der Waals surface area contributed by atoms with Crippen LogP contribution in [0.3, 0.4) is 0 Å². The number of pyridine rings is 1. The SMILES string of the molecule is CCC(C)n1c([C@@H](C)OC2CCCCO2)nc2cnc(Br)cc21. The van der Waals surface area contributed by atoms with E-state index in [0.29, 0.717) is 6.04 Å². The molecule has 0 radical (unpaired) electrons. The van der Waals surface area contributed by atoms with Gasteiger partial charge in [-0.25, -0.2) is 9.97 Å². The second-order valence-electron chi connectivity index (χ2n) is 6.17. The molecule has 1 aliphatic heterocycles. The van der Waals surface area contributed by atoms with E-state index in [4.69, 9.17) is 14.5 Å². The maximum atomic E-state index is 6.13. The number of aromatic nitrogens is 3. The number of ether oxygens (including phenoxy) is 2. The predicted molar refractivity (Wildman–Crippen MR) is 93.3 cm³/mol. The van der Waals surface area contributed by atoms with Crippen LogP contribution in [0.4, 0.5) is 0 Å². The third kappa shape index (κ3) is 3.59. The average Bonchev–Trinajstić information content (AvgIpc) is 2.93. The largest absolute Gasteiger partial charge is 0.353 e. The van der Waals surface area contributed by atoms with E-state index < -0.39 is 0 Å². The van der Waals surface area contributed by atoms with Gasteiger partial charge in [0.25, 0.3) is 0 Å². The molecule has 6 heteroatoms. The van der Waals surface area contributed by atoms with Crippen molar-refractivity contribution >= 4 is 27.0 Å². The van der Waals surface area contributed by atoms with E-state index in [2.05, 4.69) is 46.3 Å². The van der Waals surface area contributed by atoms with Crippen molar-refractivity contribution in [3.8, 4) is 0 Å². The zero-order valence-electron chi connectivity index (χ0n) is 14.0. The number of rotatable bonds is 5. The minimum atomic E-state index is -0.117. The summed E-state index contributed by atoms with van der Waals surface area (Å²) in [6.07, 6.45) is 5.86. The molecule has 3 heterocycles. The normalized spacial score (nSPS) is 21.5. The van der Waals surface area contributed by atoms with E-state index >= 15 is 0 Å². The first-order valence-corrected chi connectivity index (χ1v) is 9.20. The first-order valence-electron chi connectivity index (χ1n) is 8.40. The van der Waals surface area contributed by atoms with Crippen molar-refractivity contribution in [1.29, 1.82) is 0 Å². The van der Waals surface area contributed by atoms with Gasteiger partial charge in [-0.1, -0.05) is 6.92 Å². The van der Waals surface area contributed by atoms with Crippen LogP contribution < -0.4 is 0 Å². The van der Waals surface area contributed by atoms with Crippen LogP contribution >= 0.6 is 15.9 Å². The van der Waals surface area contributed by atoms with E-state index in [1.165, 1.54) is 0 Å². The summed E-state index contributed by atoms with van der Waals surface area (Å²) in [5.74, 6) is 0.948. The van der Waals surface area contributed by atoms with Crippen LogP contribution in [0.2, 0.25) is 0 Å². The zero-order valence-corrected chi connectivity index (χ0v) is 15.5. The molecule has 126 valence electrons. The summed E-state index contributed by atoms with van der Waals surface area (Å²) >= 11 is 3.46. The summed E-state index contributed by atoms with van der Waals surface area (Å²) < 4.78 is 14.9. The molecule has 0 amide bonds. The van der Waals surface area contributed by atoms with Crippen molar-refractivity contribution in [2.45, 2.75) is 64.9 Å². The average molecular weight is 382 g/mol. The Morgan fingerprint density at radius 3 is 2.96 bits per heavy atom. The predicted octanol–water partition coefficient (Wildman–Crippen LogP) is 4.77. The lowest BCUT2D eigenvalue weighted by Gasteiger charge is -2.27. The van der Waals surface area contributed by atoms with Crippen LogP contribution in [-0.2, 0) is 9.47 Å². The summed E-state index contributed by atoms with van der Waals surface area (Å²) in [5.41, 5.74) is 2.00. The Balaban J connectivity index is 1.94. The highest BCUT2D eigenvalue weighted by molar-refractivity contribution is 9.10. The van der Waals surface area contributed by atoms with Crippen molar-refractivity contribution in [3.63, 3.8) is 0 Å². The highest BCUT2D eigenvalue weighted by Gasteiger charge is 2.24. The third-order valence-corrected chi connectivity index (χ3v) is 4.89. The summed E-state index contributed by atoms with van der Waals surface area (Å²) in [6, 6.07) is 2.38. The minimum absolute atomic E-state index is 0.113. The minimum Gasteiger partial charge on any atom is -0.353 e. The number of nitrogens with zero attached hydrogens (tertiary/aromatic N) is 3. The second-order valence-corrected chi connectivity index (χ2v) is 6.98. The van der Waals surface area contributed by atoms with Crippen LogP contribution in [0.1, 0.15) is 64.4 Å². The van der Waals surface area contributed by atoms with Crippen LogP contribution in [-0.4, -0.2) is 27.4 Å². The lowest BCUT2D eigenvalue weighted by Crippen LogP contribution is -2.25. The van der Waals surface area contributed by atoms with Crippen molar-refractivity contribution in [1.82, 2.24) is 14.5 Å². The van der Waals surface area contributed by atoms with Gasteiger partial charge in [0.1, 0.15) is 22.0 Å². The molecule has 23 heavy (non-hydrogen) atoms. The molecule has 1 fully saturated rings. The highest BCUT2D eigenvalue weighted by Crippen LogP contribution is 2.30. The number of halogens is 1. The molecule has 1 aliphatic rings. The van der Waals surface area contributed by atoms with Crippen LogP contribution in [0.5, 0.6) is 0 Å². The van der Waals surface area contributed by atoms with E-state index in [0.717, 1.165) is 53.8 Å². The van der Waals surface area contributed by atoms with E-state index in [-0.39, 0.29) is 12.4 Å². The van der Waals surface area contributed by atoms with E-state index in [1.807, 2.05) is 12.3 Å². The topological polar surface area (TPSA) is 49.2 Å². The first kappa shape index (κ1) is 16.9. The summed E-state index contributed by atoms with van der Waals surface area (Å²) in [4.78, 5) is 9.08. The third-order valence-electron chi connectivity index (χ3n) is 4.46. The van der Waals surface area contributed by atoms with Gasteiger partial charge in [-0.05, 0) is 61.5 Å². The zero-order chi connectivity index (χ0) is 16.4. The second kappa shape index (κ2) is 7.28. The van der Waals surface area contributed by atoms with Crippen molar-refractivity contribution in [2.75, 3.05) is 6.61 Å². The van der Waals surface area contributed by atoms with E-state index in [1.54, 1.807) is 0 Å². The number of hydrogen-bond acceptors (Lipinski definition) is 4. The molecule has 2 aromatic heterocycles. The molecule has 0 saturated carbocycles. The van der Waals surface area contributed by atoms with Gasteiger partial charge in [-0.3, -0.25) is 0 Å². The molecule has 3 rings (SSSR count). The van der Waals surface area contributed by atoms with Gasteiger partial charge in [0.2, 0.25) is 0 Å². The monoisotopic (exact) mass is 381 g/mol. The Morgan fingerprint density at radius 1 is 1.43 bits per heavy atom. The smallest absolute Gasteiger partial charge is 0.158 e. The van der Waals surface area contributed by atoms with Gasteiger partial charge in [0.15, 0.2) is 6.29 Å². The molecule has 5 nitrogen and oxygen atoms in total. The van der Waals surface area contributed by atoms with Gasteiger partial charge in [0, 0.05) is 12.6 Å². The maximum Gasteiger partial charge on any atom is 0.158 e. The number of hydrogen-bond donors (Lipinski definition) is 0. The highest BCUT2D eigenvalue weighted by atomic mass is 79.9. The molecule has 0 N–H and O–H groups in total. The fourth-order valence-corrected chi connectivity index (χ4v) is 3.35. The Labute approximate surface area is 145 Å². The number of imidazole rings is 1. The van der Waals surface area contributed by atoms with Crippen LogP contribution in [0, 0.1) is 0 Å². The Bertz CT molecular complexity index is 667. The molecule has 1 saturated heterocycles. The summed E-state index contributed by atoms with van der Waals surface area (Å²) in [5, 5.41) is 0.